The van der Waals surface area contributed by atoms with Gasteiger partial charge in [0.2, 0.25) is 5.91 Å². The van der Waals surface area contributed by atoms with Crippen molar-refractivity contribution in [3.8, 4) is 11.5 Å². The molecule has 1 amide bonds. The highest BCUT2D eigenvalue weighted by molar-refractivity contribution is 5.79. The third-order valence-corrected chi connectivity index (χ3v) is 6.23. The van der Waals surface area contributed by atoms with E-state index in [-0.39, 0.29) is 11.9 Å². The van der Waals surface area contributed by atoms with Crippen molar-refractivity contribution in [1.82, 2.24) is 9.80 Å². The van der Waals surface area contributed by atoms with E-state index in [9.17, 15) is 4.79 Å². The number of piperazine rings is 1. The Kier molecular flexibility index (Phi) is 6.43. The highest BCUT2D eigenvalue weighted by atomic mass is 16.5. The molecule has 2 aromatic carbocycles. The summed E-state index contributed by atoms with van der Waals surface area (Å²) in [6, 6.07) is 16.4. The number of hydrogen-bond acceptors (Lipinski definition) is 5. The first-order valence-electron chi connectivity index (χ1n) is 10.7. The standard InChI is InChI=1S/C24H31N3O3/c1-29-20-11-9-19(10-12-20)21-7-5-13-27(21)24(28)18-25-14-16-26(17-15-25)22-6-3-4-8-23(22)30-2/h3-4,6,8-12,21H,5,7,13-18H2,1-2H3. The zero-order valence-corrected chi connectivity index (χ0v) is 17.9. The maximum atomic E-state index is 13.1. The van der Waals surface area contributed by atoms with Gasteiger partial charge in [0.25, 0.3) is 0 Å². The van der Waals surface area contributed by atoms with E-state index < -0.39 is 0 Å². The molecule has 2 aromatic rings. The van der Waals surface area contributed by atoms with Crippen LogP contribution in [0.3, 0.4) is 0 Å². The van der Waals surface area contributed by atoms with Crippen LogP contribution in [0.4, 0.5) is 5.69 Å². The lowest BCUT2D eigenvalue weighted by atomic mass is 10.0. The number of benzene rings is 2. The van der Waals surface area contributed by atoms with Crippen molar-refractivity contribution in [3.63, 3.8) is 0 Å². The van der Waals surface area contributed by atoms with Gasteiger partial charge in [0.1, 0.15) is 11.5 Å². The predicted octanol–water partition coefficient (Wildman–Crippen LogP) is 3.19. The van der Waals surface area contributed by atoms with Crippen LogP contribution in [0.2, 0.25) is 0 Å². The molecule has 6 nitrogen and oxygen atoms in total. The van der Waals surface area contributed by atoms with Crippen LogP contribution in [-0.4, -0.2) is 69.2 Å². The van der Waals surface area contributed by atoms with E-state index in [1.807, 2.05) is 30.3 Å². The van der Waals surface area contributed by atoms with Crippen molar-refractivity contribution < 1.29 is 14.3 Å². The molecule has 0 aromatic heterocycles. The predicted molar refractivity (Wildman–Crippen MR) is 118 cm³/mol. The van der Waals surface area contributed by atoms with Crippen LogP contribution in [0, 0.1) is 0 Å². The van der Waals surface area contributed by atoms with E-state index in [2.05, 4.69) is 32.9 Å². The Bertz CT molecular complexity index is 847. The van der Waals surface area contributed by atoms with E-state index in [0.29, 0.717) is 6.54 Å². The first kappa shape index (κ1) is 20.5. The Morgan fingerprint density at radius 3 is 2.37 bits per heavy atom. The third kappa shape index (κ3) is 4.38. The molecular weight excluding hydrogens is 378 g/mol. The fourth-order valence-corrected chi connectivity index (χ4v) is 4.56. The van der Waals surface area contributed by atoms with Gasteiger partial charge in [-0.05, 0) is 42.7 Å². The molecule has 30 heavy (non-hydrogen) atoms. The van der Waals surface area contributed by atoms with Crippen molar-refractivity contribution >= 4 is 11.6 Å². The molecule has 4 rings (SSSR count). The van der Waals surface area contributed by atoms with E-state index in [1.165, 1.54) is 5.56 Å². The van der Waals surface area contributed by atoms with Crippen molar-refractivity contribution in [3.05, 3.63) is 54.1 Å². The van der Waals surface area contributed by atoms with E-state index in [0.717, 1.165) is 62.8 Å². The molecule has 1 atom stereocenters. The zero-order chi connectivity index (χ0) is 20.9. The summed E-state index contributed by atoms with van der Waals surface area (Å²) in [6.45, 7) is 4.89. The number of anilines is 1. The van der Waals surface area contributed by atoms with Gasteiger partial charge < -0.3 is 19.3 Å². The maximum Gasteiger partial charge on any atom is 0.237 e. The number of methoxy groups -OCH3 is 2. The Labute approximate surface area is 179 Å². The lowest BCUT2D eigenvalue weighted by Crippen LogP contribution is -2.50. The van der Waals surface area contributed by atoms with Crippen molar-refractivity contribution in [1.29, 1.82) is 0 Å². The number of carbonyl (C=O) groups excluding carboxylic acids is 1. The minimum atomic E-state index is 0.179. The number of ether oxygens (including phenoxy) is 2. The van der Waals surface area contributed by atoms with Crippen LogP contribution in [0.15, 0.2) is 48.5 Å². The normalized spacial score (nSPS) is 19.7. The van der Waals surface area contributed by atoms with E-state index in [1.54, 1.807) is 14.2 Å². The summed E-state index contributed by atoms with van der Waals surface area (Å²) < 4.78 is 10.8. The summed E-state index contributed by atoms with van der Waals surface area (Å²) >= 11 is 0. The van der Waals surface area contributed by atoms with Crippen LogP contribution >= 0.6 is 0 Å². The van der Waals surface area contributed by atoms with Gasteiger partial charge in [-0.3, -0.25) is 9.69 Å². The first-order chi connectivity index (χ1) is 14.7. The van der Waals surface area contributed by atoms with Gasteiger partial charge in [-0.15, -0.1) is 0 Å². The number of hydrogen-bond donors (Lipinski definition) is 0. The van der Waals surface area contributed by atoms with Gasteiger partial charge in [0.15, 0.2) is 0 Å². The number of para-hydroxylation sites is 2. The van der Waals surface area contributed by atoms with E-state index in [4.69, 9.17) is 9.47 Å². The number of nitrogens with zero attached hydrogens (tertiary/aromatic N) is 3. The number of carbonyl (C=O) groups is 1. The monoisotopic (exact) mass is 409 g/mol. The molecule has 6 heteroatoms. The topological polar surface area (TPSA) is 45.2 Å². The number of rotatable bonds is 6. The summed E-state index contributed by atoms with van der Waals surface area (Å²) in [6.07, 6.45) is 2.09. The summed E-state index contributed by atoms with van der Waals surface area (Å²) in [5.74, 6) is 1.99. The van der Waals surface area contributed by atoms with Gasteiger partial charge >= 0.3 is 0 Å². The summed E-state index contributed by atoms with van der Waals surface area (Å²) in [5, 5.41) is 0. The van der Waals surface area contributed by atoms with Crippen LogP contribution < -0.4 is 14.4 Å². The smallest absolute Gasteiger partial charge is 0.237 e. The first-order valence-corrected chi connectivity index (χ1v) is 10.7. The Morgan fingerprint density at radius 2 is 1.67 bits per heavy atom. The maximum absolute atomic E-state index is 13.1. The molecule has 2 fully saturated rings. The molecule has 0 spiro atoms. The second kappa shape index (κ2) is 9.39. The molecule has 0 aliphatic carbocycles. The van der Waals surface area contributed by atoms with Crippen LogP contribution in [0.1, 0.15) is 24.4 Å². The van der Waals surface area contributed by atoms with Gasteiger partial charge in [-0.1, -0.05) is 24.3 Å². The van der Waals surface area contributed by atoms with Crippen molar-refractivity contribution in [2.24, 2.45) is 0 Å². The fourth-order valence-electron chi connectivity index (χ4n) is 4.56. The van der Waals surface area contributed by atoms with Crippen molar-refractivity contribution in [2.75, 3.05) is 58.4 Å². The molecule has 2 saturated heterocycles. The minimum Gasteiger partial charge on any atom is -0.497 e. The third-order valence-electron chi connectivity index (χ3n) is 6.23. The molecule has 2 aliphatic rings. The number of likely N-dealkylation sites (tertiary alicyclic amines) is 1. The van der Waals surface area contributed by atoms with Crippen molar-refractivity contribution in [2.45, 2.75) is 18.9 Å². The summed E-state index contributed by atoms with van der Waals surface area (Å²) in [4.78, 5) is 19.8. The second-order valence-electron chi connectivity index (χ2n) is 7.95. The molecule has 0 bridgehead atoms. The summed E-state index contributed by atoms with van der Waals surface area (Å²) in [5.41, 5.74) is 2.33. The highest BCUT2D eigenvalue weighted by Crippen LogP contribution is 2.33. The SMILES string of the molecule is COc1ccc(C2CCCN2C(=O)CN2CCN(c3ccccc3OC)CC2)cc1. The Balaban J connectivity index is 1.34. The molecule has 2 heterocycles. The van der Waals surface area contributed by atoms with Gasteiger partial charge in [0.05, 0.1) is 32.5 Å². The largest absolute Gasteiger partial charge is 0.497 e. The van der Waals surface area contributed by atoms with Crippen LogP contribution in [-0.2, 0) is 4.79 Å². The van der Waals surface area contributed by atoms with Gasteiger partial charge in [0, 0.05) is 32.7 Å². The fraction of sp³-hybridized carbons (Fsp3) is 0.458. The summed E-state index contributed by atoms with van der Waals surface area (Å²) in [7, 11) is 3.39. The molecule has 0 N–H and O–H groups in total. The lowest BCUT2D eigenvalue weighted by Gasteiger charge is -2.37. The van der Waals surface area contributed by atoms with Gasteiger partial charge in [-0.25, -0.2) is 0 Å². The average molecular weight is 410 g/mol. The zero-order valence-electron chi connectivity index (χ0n) is 17.9. The molecule has 2 aliphatic heterocycles. The quantitative estimate of drug-likeness (QED) is 0.733. The van der Waals surface area contributed by atoms with Gasteiger partial charge in [-0.2, -0.15) is 0 Å². The molecule has 0 saturated carbocycles. The Hall–Kier alpha value is -2.73. The second-order valence-corrected chi connectivity index (χ2v) is 7.95. The molecule has 0 radical (unpaired) electrons. The molecule has 1 unspecified atom stereocenters. The minimum absolute atomic E-state index is 0.179. The number of amides is 1. The van der Waals surface area contributed by atoms with E-state index >= 15 is 0 Å². The highest BCUT2D eigenvalue weighted by Gasteiger charge is 2.31. The lowest BCUT2D eigenvalue weighted by molar-refractivity contribution is -0.133. The average Bonchev–Trinajstić information content (AvgIpc) is 3.30. The molecule has 160 valence electrons. The molecular formula is C24H31N3O3. The van der Waals surface area contributed by atoms with Crippen LogP contribution in [0.5, 0.6) is 11.5 Å². The Morgan fingerprint density at radius 1 is 0.933 bits per heavy atom. The van der Waals surface area contributed by atoms with Crippen LogP contribution in [0.25, 0.3) is 0 Å².